The molecule has 8 rings (SSSR count). The molecule has 1 aliphatic carbocycles. The first-order chi connectivity index (χ1) is 19.6. The number of aliphatic imine (C=N–C) groups is 1. The summed E-state index contributed by atoms with van der Waals surface area (Å²) in [6, 6.07) is 40.7. The summed E-state index contributed by atoms with van der Waals surface area (Å²) < 4.78 is 6.22. The van der Waals surface area contributed by atoms with Crippen LogP contribution in [0.5, 0.6) is 0 Å². The molecule has 5 aromatic carbocycles. The van der Waals surface area contributed by atoms with Crippen LogP contribution in [0.25, 0.3) is 38.8 Å². The van der Waals surface area contributed by atoms with Gasteiger partial charge in [0.1, 0.15) is 17.3 Å². The molecule has 1 aliphatic heterocycles. The number of para-hydroxylation sites is 1. The summed E-state index contributed by atoms with van der Waals surface area (Å²) in [6.07, 6.45) is 2.00. The first kappa shape index (κ1) is 23.0. The monoisotopic (exact) mass is 516 g/mol. The maximum Gasteiger partial charge on any atom is 0.145 e. The van der Waals surface area contributed by atoms with Crippen molar-refractivity contribution >= 4 is 33.3 Å². The molecule has 0 amide bonds. The molecule has 2 heterocycles. The first-order valence-corrected chi connectivity index (χ1v) is 13.8. The highest BCUT2D eigenvalue weighted by Crippen LogP contribution is 2.49. The van der Waals surface area contributed by atoms with Crippen LogP contribution < -0.4 is 5.32 Å². The van der Waals surface area contributed by atoms with E-state index in [9.17, 15) is 0 Å². The Morgan fingerprint density at radius 2 is 1.40 bits per heavy atom. The number of nitrogens with zero attached hydrogens (tertiary/aromatic N) is 1. The number of hydrogen-bond acceptors (Lipinski definition) is 3. The number of allylic oxidation sites excluding steroid dienone is 1. The van der Waals surface area contributed by atoms with E-state index in [4.69, 9.17) is 9.41 Å². The van der Waals surface area contributed by atoms with Crippen molar-refractivity contribution in [1.29, 1.82) is 0 Å². The molecule has 0 fully saturated rings. The standard InChI is InChI=1S/C37H28N2O/c1-37(2)29-16-8-6-13-25(29)26-20-19-24(21-30(26)37)31-22-32(39-36(38-31)23-11-4-3-5-12-23)27-15-10-18-34-35(27)28-14-7-9-17-33(28)40-34/h3-22,36,38H,1-2H3. The van der Waals surface area contributed by atoms with E-state index in [1.165, 1.54) is 22.3 Å². The quantitative estimate of drug-likeness (QED) is 0.255. The van der Waals surface area contributed by atoms with Gasteiger partial charge in [0.05, 0.1) is 5.71 Å². The summed E-state index contributed by atoms with van der Waals surface area (Å²) in [5, 5.41) is 5.97. The minimum absolute atomic E-state index is 0.0613. The van der Waals surface area contributed by atoms with Crippen LogP contribution in [0.3, 0.4) is 0 Å². The van der Waals surface area contributed by atoms with Gasteiger partial charge in [-0.3, -0.25) is 4.99 Å². The average Bonchev–Trinajstić information content (AvgIpc) is 3.50. The van der Waals surface area contributed by atoms with Crippen molar-refractivity contribution in [1.82, 2.24) is 5.32 Å². The lowest BCUT2D eigenvalue weighted by Crippen LogP contribution is -2.25. The van der Waals surface area contributed by atoms with Crippen molar-refractivity contribution in [2.75, 3.05) is 0 Å². The molecule has 40 heavy (non-hydrogen) atoms. The van der Waals surface area contributed by atoms with E-state index in [1.54, 1.807) is 0 Å². The Balaban J connectivity index is 1.31. The van der Waals surface area contributed by atoms with Crippen molar-refractivity contribution in [2.24, 2.45) is 4.99 Å². The van der Waals surface area contributed by atoms with E-state index < -0.39 is 0 Å². The molecular formula is C37H28N2O. The molecule has 0 bridgehead atoms. The van der Waals surface area contributed by atoms with E-state index in [1.807, 2.05) is 24.3 Å². The highest BCUT2D eigenvalue weighted by atomic mass is 16.3. The fraction of sp³-hybridized carbons (Fsp3) is 0.108. The molecule has 1 atom stereocenters. The Hall–Kier alpha value is -4.89. The van der Waals surface area contributed by atoms with E-state index >= 15 is 0 Å². The summed E-state index contributed by atoms with van der Waals surface area (Å²) in [4.78, 5) is 5.26. The van der Waals surface area contributed by atoms with Gasteiger partial charge in [0.15, 0.2) is 0 Å². The van der Waals surface area contributed by atoms with E-state index in [-0.39, 0.29) is 11.6 Å². The van der Waals surface area contributed by atoms with Gasteiger partial charge in [-0.2, -0.15) is 0 Å². The van der Waals surface area contributed by atoms with Crippen molar-refractivity contribution < 1.29 is 4.42 Å². The number of nitrogens with one attached hydrogen (secondary N) is 1. The fourth-order valence-corrected chi connectivity index (χ4v) is 6.50. The van der Waals surface area contributed by atoms with Gasteiger partial charge in [0.2, 0.25) is 0 Å². The minimum Gasteiger partial charge on any atom is -0.456 e. The van der Waals surface area contributed by atoms with Gasteiger partial charge in [-0.05, 0) is 57.7 Å². The zero-order valence-electron chi connectivity index (χ0n) is 22.5. The van der Waals surface area contributed by atoms with Crippen LogP contribution in [0.4, 0.5) is 0 Å². The summed E-state index contributed by atoms with van der Waals surface area (Å²) in [7, 11) is 0. The molecule has 0 radical (unpaired) electrons. The van der Waals surface area contributed by atoms with E-state index in [0.29, 0.717) is 0 Å². The molecule has 3 nitrogen and oxygen atoms in total. The highest BCUT2D eigenvalue weighted by Gasteiger charge is 2.35. The first-order valence-electron chi connectivity index (χ1n) is 13.8. The van der Waals surface area contributed by atoms with Crippen molar-refractivity contribution in [3.05, 3.63) is 149 Å². The summed E-state index contributed by atoms with van der Waals surface area (Å²) in [6.45, 7) is 4.66. The lowest BCUT2D eigenvalue weighted by atomic mass is 9.82. The topological polar surface area (TPSA) is 37.5 Å². The largest absolute Gasteiger partial charge is 0.456 e. The zero-order valence-corrected chi connectivity index (χ0v) is 22.5. The number of fused-ring (bicyclic) bond motifs is 6. The van der Waals surface area contributed by atoms with Crippen molar-refractivity contribution in [3.8, 4) is 11.1 Å². The van der Waals surface area contributed by atoms with Gasteiger partial charge in [0.25, 0.3) is 0 Å². The highest BCUT2D eigenvalue weighted by molar-refractivity contribution is 6.23. The maximum atomic E-state index is 6.22. The van der Waals surface area contributed by atoms with Crippen LogP contribution in [0.1, 0.15) is 47.8 Å². The SMILES string of the molecule is CC1(C)c2ccccc2-c2ccc(C3=CC(c4cccc5oc6ccccc6c45)=NC(c4ccccc4)N3)cc21. The Bertz CT molecular complexity index is 2010. The normalized spacial score (nSPS) is 17.2. The second-order valence-corrected chi connectivity index (χ2v) is 11.2. The third-order valence-electron chi connectivity index (χ3n) is 8.53. The van der Waals surface area contributed by atoms with Gasteiger partial charge < -0.3 is 9.73 Å². The van der Waals surface area contributed by atoms with Gasteiger partial charge in [-0.15, -0.1) is 0 Å². The van der Waals surface area contributed by atoms with Crippen molar-refractivity contribution in [2.45, 2.75) is 25.4 Å². The molecule has 1 N–H and O–H groups in total. The summed E-state index contributed by atoms with van der Waals surface area (Å²) >= 11 is 0. The predicted octanol–water partition coefficient (Wildman–Crippen LogP) is 9.02. The molecule has 0 saturated carbocycles. The van der Waals surface area contributed by atoms with Crippen molar-refractivity contribution in [3.63, 3.8) is 0 Å². The molecule has 1 aromatic heterocycles. The Morgan fingerprint density at radius 1 is 0.675 bits per heavy atom. The second kappa shape index (κ2) is 8.56. The minimum atomic E-state index is -0.205. The summed E-state index contributed by atoms with van der Waals surface area (Å²) in [5.41, 5.74) is 12.5. The third-order valence-corrected chi connectivity index (χ3v) is 8.53. The molecule has 192 valence electrons. The lowest BCUT2D eigenvalue weighted by Gasteiger charge is -2.26. The van der Waals surface area contributed by atoms with E-state index in [2.05, 4.69) is 116 Å². The fourth-order valence-electron chi connectivity index (χ4n) is 6.50. The molecular weight excluding hydrogens is 488 g/mol. The summed E-state index contributed by atoms with van der Waals surface area (Å²) in [5.74, 6) is 0. The molecule has 6 aromatic rings. The number of rotatable bonds is 3. The van der Waals surface area contributed by atoms with E-state index in [0.717, 1.165) is 50.0 Å². The van der Waals surface area contributed by atoms with Crippen LogP contribution in [0.2, 0.25) is 0 Å². The van der Waals surface area contributed by atoms with Crippen LogP contribution >= 0.6 is 0 Å². The smallest absolute Gasteiger partial charge is 0.145 e. The number of furan rings is 1. The molecule has 0 saturated heterocycles. The molecule has 0 spiro atoms. The number of hydrogen-bond donors (Lipinski definition) is 1. The molecule has 3 heteroatoms. The van der Waals surface area contributed by atoms with Gasteiger partial charge in [-0.1, -0.05) is 111 Å². The Kier molecular flexibility index (Phi) is 4.93. The zero-order chi connectivity index (χ0) is 26.8. The maximum absolute atomic E-state index is 6.22. The Morgan fingerprint density at radius 3 is 2.30 bits per heavy atom. The predicted molar refractivity (Wildman–Crippen MR) is 165 cm³/mol. The Labute approximate surface area is 233 Å². The van der Waals surface area contributed by atoms with Crippen LogP contribution in [-0.4, -0.2) is 5.71 Å². The van der Waals surface area contributed by atoms with Gasteiger partial charge >= 0.3 is 0 Å². The second-order valence-electron chi connectivity index (χ2n) is 11.2. The van der Waals surface area contributed by atoms with Crippen LogP contribution in [-0.2, 0) is 5.41 Å². The number of benzene rings is 5. The third kappa shape index (κ3) is 3.41. The van der Waals surface area contributed by atoms with Crippen LogP contribution in [0, 0.1) is 0 Å². The van der Waals surface area contributed by atoms with Gasteiger partial charge in [0, 0.05) is 27.4 Å². The molecule has 2 aliphatic rings. The molecule has 1 unspecified atom stereocenters. The van der Waals surface area contributed by atoms with Crippen LogP contribution in [0.15, 0.2) is 131 Å². The van der Waals surface area contributed by atoms with Gasteiger partial charge in [-0.25, -0.2) is 0 Å². The average molecular weight is 517 g/mol. The lowest BCUT2D eigenvalue weighted by molar-refractivity contribution is 0.656.